The smallest absolute Gasteiger partial charge is 0.195 e. The lowest BCUT2D eigenvalue weighted by Crippen LogP contribution is -2.52. The molecule has 0 atom stereocenters. The number of thiophene rings is 1. The molecule has 6 nitrogen and oxygen atoms in total. The summed E-state index contributed by atoms with van der Waals surface area (Å²) < 4.78 is 0.857. The van der Waals surface area contributed by atoms with Crippen LogP contribution in [0.4, 0.5) is 5.69 Å². The third-order valence-electron chi connectivity index (χ3n) is 7.66. The molecule has 2 fully saturated rings. The van der Waals surface area contributed by atoms with Crippen LogP contribution in [-0.4, -0.2) is 66.2 Å². The Morgan fingerprint density at radius 3 is 2.22 bits per heavy atom. The molecule has 2 saturated heterocycles. The summed E-state index contributed by atoms with van der Waals surface area (Å²) in [5.74, 6) is 0.321. The third-order valence-corrected chi connectivity index (χ3v) is 8.86. The first-order valence-electron chi connectivity index (χ1n) is 13.0. The number of rotatable bonds is 5. The number of piperidine rings is 1. The summed E-state index contributed by atoms with van der Waals surface area (Å²) >= 11 is 1.48. The maximum absolute atomic E-state index is 13.8. The number of carbonyl (C=O) groups is 1. The number of nitrogens with zero attached hydrogens (tertiary/aromatic N) is 2. The second kappa shape index (κ2) is 10.2. The zero-order valence-corrected chi connectivity index (χ0v) is 21.5. The van der Waals surface area contributed by atoms with E-state index in [0.717, 1.165) is 65.5 Å². The number of carbonyl (C=O) groups excluding carboxylic acids is 1. The van der Waals surface area contributed by atoms with Crippen molar-refractivity contribution in [2.24, 2.45) is 0 Å². The number of aromatic hydroxyl groups is 2. The highest BCUT2D eigenvalue weighted by atomic mass is 32.1. The molecule has 0 unspecified atom stereocenters. The topological polar surface area (TPSA) is 76.0 Å². The Balaban J connectivity index is 1.24. The van der Waals surface area contributed by atoms with E-state index in [1.807, 2.05) is 30.3 Å². The van der Waals surface area contributed by atoms with E-state index in [0.29, 0.717) is 17.2 Å². The van der Waals surface area contributed by atoms with Crippen molar-refractivity contribution in [3.63, 3.8) is 0 Å². The average molecular weight is 514 g/mol. The van der Waals surface area contributed by atoms with Crippen LogP contribution in [0.2, 0.25) is 0 Å². The number of phenolic OH excluding ortho intramolecular Hbond substituents is 2. The van der Waals surface area contributed by atoms with Gasteiger partial charge in [0.05, 0.1) is 0 Å². The molecule has 37 heavy (non-hydrogen) atoms. The van der Waals surface area contributed by atoms with Gasteiger partial charge in [0.2, 0.25) is 0 Å². The van der Waals surface area contributed by atoms with Gasteiger partial charge >= 0.3 is 0 Å². The maximum atomic E-state index is 13.8. The Labute approximate surface area is 220 Å². The quantitative estimate of drug-likeness (QED) is 0.323. The van der Waals surface area contributed by atoms with Crippen molar-refractivity contribution in [2.75, 3.05) is 44.2 Å². The molecular weight excluding hydrogens is 482 g/mol. The van der Waals surface area contributed by atoms with Gasteiger partial charge < -0.3 is 20.4 Å². The number of fused-ring (bicyclic) bond motifs is 1. The standard InChI is InChI=1S/C30H31N3O3S/c34-24-7-3-21(4-8-24)30-28(26-10-9-25(35)19-27(26)37-30)29(36)20-1-5-22(6-2-20)32-15-11-23(12-16-32)33-17-13-31-14-18-33/h1-10,19,23,31,34-35H,11-18H2. The summed E-state index contributed by atoms with van der Waals surface area (Å²) in [5, 5.41) is 24.0. The van der Waals surface area contributed by atoms with Gasteiger partial charge in [0, 0.05) is 77.1 Å². The van der Waals surface area contributed by atoms with E-state index >= 15 is 0 Å². The zero-order valence-electron chi connectivity index (χ0n) is 20.7. The minimum atomic E-state index is -0.0380. The van der Waals surface area contributed by atoms with Crippen molar-refractivity contribution in [1.82, 2.24) is 10.2 Å². The van der Waals surface area contributed by atoms with Crippen LogP contribution >= 0.6 is 11.3 Å². The summed E-state index contributed by atoms with van der Waals surface area (Å²) in [5.41, 5.74) is 3.31. The molecule has 3 heterocycles. The molecule has 190 valence electrons. The molecule has 6 rings (SSSR count). The number of nitrogens with one attached hydrogen (secondary N) is 1. The zero-order chi connectivity index (χ0) is 25.4. The van der Waals surface area contributed by atoms with Crippen molar-refractivity contribution in [3.05, 3.63) is 77.9 Å². The molecule has 0 spiro atoms. The molecule has 0 radical (unpaired) electrons. The van der Waals surface area contributed by atoms with E-state index in [4.69, 9.17) is 0 Å². The van der Waals surface area contributed by atoms with Crippen LogP contribution in [0.1, 0.15) is 28.8 Å². The van der Waals surface area contributed by atoms with Gasteiger partial charge in [0.15, 0.2) is 5.78 Å². The van der Waals surface area contributed by atoms with Gasteiger partial charge in [-0.15, -0.1) is 11.3 Å². The number of ketones is 1. The van der Waals surface area contributed by atoms with Crippen molar-refractivity contribution in [2.45, 2.75) is 18.9 Å². The number of phenols is 2. The summed E-state index contributed by atoms with van der Waals surface area (Å²) in [4.78, 5) is 19.7. The maximum Gasteiger partial charge on any atom is 0.195 e. The lowest BCUT2D eigenvalue weighted by molar-refractivity contribution is 0.104. The number of hydrogen-bond donors (Lipinski definition) is 3. The molecule has 0 amide bonds. The van der Waals surface area contributed by atoms with Crippen LogP contribution < -0.4 is 10.2 Å². The van der Waals surface area contributed by atoms with Crippen LogP contribution in [0, 0.1) is 0 Å². The Kier molecular flexibility index (Phi) is 6.59. The van der Waals surface area contributed by atoms with E-state index in [1.54, 1.807) is 24.3 Å². The van der Waals surface area contributed by atoms with Gasteiger partial charge in [0.25, 0.3) is 0 Å². The fraction of sp³-hybridized carbons (Fsp3) is 0.300. The van der Waals surface area contributed by atoms with Crippen molar-refractivity contribution in [3.8, 4) is 21.9 Å². The highest BCUT2D eigenvalue weighted by Gasteiger charge is 2.26. The summed E-state index contributed by atoms with van der Waals surface area (Å²) in [6, 6.07) is 20.7. The SMILES string of the molecule is O=C(c1ccc(N2CCC(N3CCNCC3)CC2)cc1)c1c(-c2ccc(O)cc2)sc2cc(O)ccc12. The van der Waals surface area contributed by atoms with Crippen LogP contribution in [0.3, 0.4) is 0 Å². The Morgan fingerprint density at radius 1 is 0.838 bits per heavy atom. The Morgan fingerprint density at radius 2 is 1.51 bits per heavy atom. The molecule has 3 aromatic carbocycles. The first kappa shape index (κ1) is 24.0. The Hall–Kier alpha value is -3.39. The lowest BCUT2D eigenvalue weighted by atomic mass is 9.97. The molecule has 4 aromatic rings. The van der Waals surface area contributed by atoms with Gasteiger partial charge in [-0.2, -0.15) is 0 Å². The molecule has 0 aliphatic carbocycles. The molecule has 1 aromatic heterocycles. The number of anilines is 1. The molecule has 3 N–H and O–H groups in total. The minimum Gasteiger partial charge on any atom is -0.508 e. The van der Waals surface area contributed by atoms with Crippen molar-refractivity contribution < 1.29 is 15.0 Å². The van der Waals surface area contributed by atoms with Crippen LogP contribution in [-0.2, 0) is 0 Å². The van der Waals surface area contributed by atoms with Gasteiger partial charge in [-0.05, 0) is 85.1 Å². The average Bonchev–Trinajstić information content (AvgIpc) is 3.32. The third kappa shape index (κ3) is 4.82. The summed E-state index contributed by atoms with van der Waals surface area (Å²) in [6.07, 6.45) is 2.34. The monoisotopic (exact) mass is 513 g/mol. The molecule has 0 bridgehead atoms. The fourth-order valence-electron chi connectivity index (χ4n) is 5.63. The Bertz CT molecular complexity index is 1400. The highest BCUT2D eigenvalue weighted by Crippen LogP contribution is 2.41. The first-order chi connectivity index (χ1) is 18.1. The van der Waals surface area contributed by atoms with E-state index in [2.05, 4.69) is 27.2 Å². The second-order valence-electron chi connectivity index (χ2n) is 9.91. The molecule has 2 aliphatic rings. The predicted octanol–water partition coefficient (Wildman–Crippen LogP) is 5.08. The van der Waals surface area contributed by atoms with Crippen molar-refractivity contribution in [1.29, 1.82) is 0 Å². The van der Waals surface area contributed by atoms with Crippen LogP contribution in [0.15, 0.2) is 66.7 Å². The summed E-state index contributed by atoms with van der Waals surface area (Å²) in [7, 11) is 0. The first-order valence-corrected chi connectivity index (χ1v) is 13.8. The van der Waals surface area contributed by atoms with Crippen LogP contribution in [0.25, 0.3) is 20.5 Å². The van der Waals surface area contributed by atoms with Crippen molar-refractivity contribution >= 4 is 32.9 Å². The fourth-order valence-corrected chi connectivity index (χ4v) is 6.87. The van der Waals surface area contributed by atoms with E-state index in [1.165, 1.54) is 24.2 Å². The molecule has 2 aliphatic heterocycles. The lowest BCUT2D eigenvalue weighted by Gasteiger charge is -2.41. The van der Waals surface area contributed by atoms with E-state index in [-0.39, 0.29) is 17.3 Å². The van der Waals surface area contributed by atoms with E-state index in [9.17, 15) is 15.0 Å². The van der Waals surface area contributed by atoms with E-state index < -0.39 is 0 Å². The van der Waals surface area contributed by atoms with Gasteiger partial charge in [-0.25, -0.2) is 0 Å². The predicted molar refractivity (Wildman–Crippen MR) is 150 cm³/mol. The molecule has 0 saturated carbocycles. The normalized spacial score (nSPS) is 17.4. The van der Waals surface area contributed by atoms with Crippen LogP contribution in [0.5, 0.6) is 11.5 Å². The second-order valence-corrected chi connectivity index (χ2v) is 11.0. The highest BCUT2D eigenvalue weighted by molar-refractivity contribution is 7.22. The molecule has 7 heteroatoms. The van der Waals surface area contributed by atoms with Gasteiger partial charge in [0.1, 0.15) is 11.5 Å². The number of piperazine rings is 1. The number of benzene rings is 3. The molecular formula is C30H31N3O3S. The largest absolute Gasteiger partial charge is 0.508 e. The number of hydrogen-bond acceptors (Lipinski definition) is 7. The van der Waals surface area contributed by atoms with Gasteiger partial charge in [-0.1, -0.05) is 0 Å². The summed E-state index contributed by atoms with van der Waals surface area (Å²) in [6.45, 7) is 6.53. The van der Waals surface area contributed by atoms with Gasteiger partial charge in [-0.3, -0.25) is 9.69 Å². The minimum absolute atomic E-state index is 0.0380.